The van der Waals surface area contributed by atoms with Gasteiger partial charge in [0.15, 0.2) is 0 Å². The standard InChI is InChI=1S/C15H16O2/c1-2-17-14-10-8-13(9-11-14)15(16)12-6-4-3-5-7-12/h3-11,15-16H,2H2,1H3/t15-/m1/s1. The molecule has 0 amide bonds. The van der Waals surface area contributed by atoms with Crippen molar-refractivity contribution in [2.75, 3.05) is 6.61 Å². The molecule has 0 aliphatic heterocycles. The minimum absolute atomic E-state index is 0.577. The van der Waals surface area contributed by atoms with E-state index >= 15 is 0 Å². The van der Waals surface area contributed by atoms with E-state index in [2.05, 4.69) is 0 Å². The first-order valence-electron chi connectivity index (χ1n) is 5.77. The molecule has 0 aliphatic rings. The molecular formula is C15H16O2. The molecule has 0 aromatic heterocycles. The Morgan fingerprint density at radius 3 is 2.12 bits per heavy atom. The topological polar surface area (TPSA) is 29.5 Å². The Morgan fingerprint density at radius 2 is 1.53 bits per heavy atom. The van der Waals surface area contributed by atoms with E-state index in [0.29, 0.717) is 6.61 Å². The third kappa shape index (κ3) is 2.86. The first-order valence-corrected chi connectivity index (χ1v) is 5.77. The summed E-state index contributed by atoms with van der Waals surface area (Å²) in [6.07, 6.45) is -0.577. The van der Waals surface area contributed by atoms with E-state index in [1.807, 2.05) is 61.5 Å². The van der Waals surface area contributed by atoms with Crippen LogP contribution >= 0.6 is 0 Å². The van der Waals surface area contributed by atoms with Crippen molar-refractivity contribution in [2.24, 2.45) is 0 Å². The van der Waals surface area contributed by atoms with E-state index in [4.69, 9.17) is 4.74 Å². The first-order chi connectivity index (χ1) is 8.31. The summed E-state index contributed by atoms with van der Waals surface area (Å²) in [6.45, 7) is 2.60. The highest BCUT2D eigenvalue weighted by Crippen LogP contribution is 2.23. The number of aliphatic hydroxyl groups is 1. The second-order valence-corrected chi connectivity index (χ2v) is 3.82. The molecule has 0 spiro atoms. The van der Waals surface area contributed by atoms with Crippen LogP contribution in [0.2, 0.25) is 0 Å². The highest BCUT2D eigenvalue weighted by atomic mass is 16.5. The first kappa shape index (κ1) is 11.7. The lowest BCUT2D eigenvalue weighted by Crippen LogP contribution is -1.99. The maximum atomic E-state index is 10.2. The van der Waals surface area contributed by atoms with E-state index in [0.717, 1.165) is 16.9 Å². The summed E-state index contributed by atoms with van der Waals surface area (Å²) in [5, 5.41) is 10.2. The van der Waals surface area contributed by atoms with Gasteiger partial charge in [0.2, 0.25) is 0 Å². The van der Waals surface area contributed by atoms with Crippen LogP contribution in [-0.2, 0) is 0 Å². The molecular weight excluding hydrogens is 212 g/mol. The summed E-state index contributed by atoms with van der Waals surface area (Å²) in [6, 6.07) is 17.2. The normalized spacial score (nSPS) is 12.1. The summed E-state index contributed by atoms with van der Waals surface area (Å²) in [7, 11) is 0. The molecule has 0 fully saturated rings. The van der Waals surface area contributed by atoms with E-state index < -0.39 is 6.10 Å². The van der Waals surface area contributed by atoms with Crippen molar-refractivity contribution in [1.82, 2.24) is 0 Å². The summed E-state index contributed by atoms with van der Waals surface area (Å²) in [5.41, 5.74) is 1.77. The Hall–Kier alpha value is -1.80. The van der Waals surface area contributed by atoms with E-state index in [-0.39, 0.29) is 0 Å². The number of benzene rings is 2. The minimum atomic E-state index is -0.577. The number of hydrogen-bond donors (Lipinski definition) is 1. The molecule has 1 atom stereocenters. The molecule has 2 aromatic rings. The van der Waals surface area contributed by atoms with Crippen molar-refractivity contribution < 1.29 is 9.84 Å². The van der Waals surface area contributed by atoms with Crippen LogP contribution in [0.5, 0.6) is 5.75 Å². The molecule has 0 aliphatic carbocycles. The van der Waals surface area contributed by atoms with Gasteiger partial charge in [0.05, 0.1) is 6.61 Å². The zero-order valence-electron chi connectivity index (χ0n) is 9.84. The van der Waals surface area contributed by atoms with Crippen molar-refractivity contribution in [3.05, 3.63) is 65.7 Å². The summed E-state index contributed by atoms with van der Waals surface area (Å²) in [5.74, 6) is 0.830. The van der Waals surface area contributed by atoms with Crippen LogP contribution in [0.25, 0.3) is 0 Å². The summed E-state index contributed by atoms with van der Waals surface area (Å²) in [4.78, 5) is 0. The van der Waals surface area contributed by atoms with Gasteiger partial charge in [0.1, 0.15) is 11.9 Å². The van der Waals surface area contributed by atoms with Crippen LogP contribution in [0.4, 0.5) is 0 Å². The number of aliphatic hydroxyl groups excluding tert-OH is 1. The second-order valence-electron chi connectivity index (χ2n) is 3.82. The zero-order chi connectivity index (χ0) is 12.1. The van der Waals surface area contributed by atoms with Crippen molar-refractivity contribution in [2.45, 2.75) is 13.0 Å². The van der Waals surface area contributed by atoms with Gasteiger partial charge in [-0.05, 0) is 30.2 Å². The maximum Gasteiger partial charge on any atom is 0.119 e. The molecule has 2 heteroatoms. The Labute approximate surface area is 101 Å². The van der Waals surface area contributed by atoms with Gasteiger partial charge >= 0.3 is 0 Å². The van der Waals surface area contributed by atoms with Gasteiger partial charge < -0.3 is 9.84 Å². The lowest BCUT2D eigenvalue weighted by molar-refractivity contribution is 0.220. The quantitative estimate of drug-likeness (QED) is 0.871. The van der Waals surface area contributed by atoms with Crippen LogP contribution in [0.3, 0.4) is 0 Å². The van der Waals surface area contributed by atoms with E-state index in [9.17, 15) is 5.11 Å². The number of rotatable bonds is 4. The van der Waals surface area contributed by atoms with Crippen LogP contribution in [-0.4, -0.2) is 11.7 Å². The lowest BCUT2D eigenvalue weighted by Gasteiger charge is -2.12. The maximum absolute atomic E-state index is 10.2. The van der Waals surface area contributed by atoms with Crippen LogP contribution < -0.4 is 4.74 Å². The highest BCUT2D eigenvalue weighted by Gasteiger charge is 2.09. The molecule has 0 heterocycles. The molecule has 2 nitrogen and oxygen atoms in total. The third-order valence-corrected chi connectivity index (χ3v) is 2.62. The molecule has 1 N–H and O–H groups in total. The number of hydrogen-bond acceptors (Lipinski definition) is 2. The van der Waals surface area contributed by atoms with Crippen molar-refractivity contribution in [3.8, 4) is 5.75 Å². The summed E-state index contributed by atoms with van der Waals surface area (Å²) < 4.78 is 5.36. The molecule has 2 aromatic carbocycles. The molecule has 2 rings (SSSR count). The summed E-state index contributed by atoms with van der Waals surface area (Å²) >= 11 is 0. The minimum Gasteiger partial charge on any atom is -0.494 e. The van der Waals surface area contributed by atoms with Gasteiger partial charge in [0, 0.05) is 0 Å². The van der Waals surface area contributed by atoms with Crippen molar-refractivity contribution in [3.63, 3.8) is 0 Å². The Balaban J connectivity index is 2.17. The smallest absolute Gasteiger partial charge is 0.119 e. The third-order valence-electron chi connectivity index (χ3n) is 2.62. The SMILES string of the molecule is CCOc1ccc([C@H](O)c2ccccc2)cc1. The van der Waals surface area contributed by atoms with Gasteiger partial charge in [0.25, 0.3) is 0 Å². The molecule has 0 unspecified atom stereocenters. The largest absolute Gasteiger partial charge is 0.494 e. The van der Waals surface area contributed by atoms with E-state index in [1.54, 1.807) is 0 Å². The molecule has 17 heavy (non-hydrogen) atoms. The molecule has 0 radical (unpaired) electrons. The van der Waals surface area contributed by atoms with E-state index in [1.165, 1.54) is 0 Å². The Kier molecular flexibility index (Phi) is 3.78. The average Bonchev–Trinajstić information content (AvgIpc) is 2.40. The van der Waals surface area contributed by atoms with Gasteiger partial charge in [-0.2, -0.15) is 0 Å². The van der Waals surface area contributed by atoms with Gasteiger partial charge in [-0.25, -0.2) is 0 Å². The fourth-order valence-corrected chi connectivity index (χ4v) is 1.74. The fraction of sp³-hybridized carbons (Fsp3) is 0.200. The molecule has 0 saturated heterocycles. The monoisotopic (exact) mass is 228 g/mol. The second kappa shape index (κ2) is 5.51. The van der Waals surface area contributed by atoms with Gasteiger partial charge in [-0.1, -0.05) is 42.5 Å². The Morgan fingerprint density at radius 1 is 0.941 bits per heavy atom. The molecule has 0 bridgehead atoms. The molecule has 0 saturated carbocycles. The molecule has 88 valence electrons. The van der Waals surface area contributed by atoms with Gasteiger partial charge in [-0.15, -0.1) is 0 Å². The van der Waals surface area contributed by atoms with Crippen LogP contribution in [0, 0.1) is 0 Å². The Bertz CT molecular complexity index is 448. The van der Waals surface area contributed by atoms with Crippen LogP contribution in [0.15, 0.2) is 54.6 Å². The van der Waals surface area contributed by atoms with Crippen molar-refractivity contribution in [1.29, 1.82) is 0 Å². The number of ether oxygens (including phenoxy) is 1. The van der Waals surface area contributed by atoms with Crippen LogP contribution in [0.1, 0.15) is 24.2 Å². The predicted molar refractivity (Wildman–Crippen MR) is 68.1 cm³/mol. The van der Waals surface area contributed by atoms with Crippen molar-refractivity contribution >= 4 is 0 Å². The van der Waals surface area contributed by atoms with Gasteiger partial charge in [-0.3, -0.25) is 0 Å². The fourth-order valence-electron chi connectivity index (χ4n) is 1.74. The zero-order valence-corrected chi connectivity index (χ0v) is 9.84. The highest BCUT2D eigenvalue weighted by molar-refractivity contribution is 5.33. The predicted octanol–water partition coefficient (Wildman–Crippen LogP) is 3.17. The average molecular weight is 228 g/mol. The lowest BCUT2D eigenvalue weighted by atomic mass is 10.0.